The number of sulfonamides is 1. The van der Waals surface area contributed by atoms with Crippen molar-refractivity contribution >= 4 is 27.9 Å². The fourth-order valence-corrected chi connectivity index (χ4v) is 3.01. The van der Waals surface area contributed by atoms with E-state index in [2.05, 4.69) is 29.2 Å². The molecule has 0 radical (unpaired) electrons. The zero-order chi connectivity index (χ0) is 25.5. The zero-order valence-electron chi connectivity index (χ0n) is 19.1. The average Bonchev–Trinajstić information content (AvgIpc) is 2.76. The van der Waals surface area contributed by atoms with E-state index in [0.29, 0.717) is 21.0 Å². The maximum atomic E-state index is 12.0. The van der Waals surface area contributed by atoms with Crippen molar-refractivity contribution in [3.8, 4) is 0 Å². The molecule has 0 fully saturated rings. The van der Waals surface area contributed by atoms with E-state index in [1.54, 1.807) is 39.0 Å². The second-order valence-corrected chi connectivity index (χ2v) is 8.13. The normalized spacial score (nSPS) is 9.56. The van der Waals surface area contributed by atoms with Crippen LogP contribution in [0.4, 0.5) is 0 Å². The summed E-state index contributed by atoms with van der Waals surface area (Å²) in [5.74, 6) is -1.45. The molecule has 0 unspecified atom stereocenters. The standard InChI is InChI=1S/C11H13NO3S.C6H10O3.C5H8O2/c1-4-11(13)12(3)16(14,15)10-8-6-5-7-9(10)2;1-5(2)6(8)9-4-3-7;1-4(2)5(6)7-3/h4-8H,1H2,2-3H3;7H,1,3-4H2,2H3;1H2,2-3H3. The predicted octanol–water partition coefficient (Wildman–Crippen LogP) is 2.16. The molecule has 0 aliphatic carbocycles. The Hall–Kier alpha value is -3.24. The molecule has 0 aliphatic rings. The number of rotatable bonds is 7. The first kappa shape index (κ1) is 30.9. The molecule has 178 valence electrons. The van der Waals surface area contributed by atoms with Crippen molar-refractivity contribution in [3.63, 3.8) is 0 Å². The van der Waals surface area contributed by atoms with E-state index in [9.17, 15) is 22.8 Å². The summed E-state index contributed by atoms with van der Waals surface area (Å²) in [5, 5.41) is 8.19. The van der Waals surface area contributed by atoms with Gasteiger partial charge in [-0.15, -0.1) is 0 Å². The number of benzene rings is 1. The molecule has 0 saturated carbocycles. The van der Waals surface area contributed by atoms with Gasteiger partial charge in [-0.25, -0.2) is 22.3 Å². The van der Waals surface area contributed by atoms with Crippen molar-refractivity contribution in [2.45, 2.75) is 25.7 Å². The summed E-state index contributed by atoms with van der Waals surface area (Å²) in [7, 11) is -1.22. The number of ether oxygens (including phenoxy) is 2. The number of nitrogens with zero attached hydrogens (tertiary/aromatic N) is 1. The first-order valence-corrected chi connectivity index (χ1v) is 10.6. The predicted molar refractivity (Wildman–Crippen MR) is 121 cm³/mol. The number of methoxy groups -OCH3 is 1. The second kappa shape index (κ2) is 15.5. The van der Waals surface area contributed by atoms with Crippen molar-refractivity contribution in [3.05, 3.63) is 66.8 Å². The zero-order valence-corrected chi connectivity index (χ0v) is 19.9. The molecule has 10 heteroatoms. The van der Waals surface area contributed by atoms with Crippen LogP contribution < -0.4 is 0 Å². The highest BCUT2D eigenvalue weighted by Crippen LogP contribution is 2.18. The first-order valence-electron chi connectivity index (χ1n) is 9.16. The molecule has 0 aromatic heterocycles. The molecule has 0 spiro atoms. The van der Waals surface area contributed by atoms with Crippen LogP contribution in [0.1, 0.15) is 19.4 Å². The van der Waals surface area contributed by atoms with Gasteiger partial charge < -0.3 is 14.6 Å². The van der Waals surface area contributed by atoms with Gasteiger partial charge in [-0.2, -0.15) is 0 Å². The van der Waals surface area contributed by atoms with E-state index in [-0.39, 0.29) is 24.1 Å². The van der Waals surface area contributed by atoms with Crippen molar-refractivity contribution in [2.75, 3.05) is 27.4 Å². The largest absolute Gasteiger partial charge is 0.466 e. The quantitative estimate of drug-likeness (QED) is 0.475. The number of carbonyl (C=O) groups excluding carboxylic acids is 3. The molecule has 1 aromatic carbocycles. The van der Waals surface area contributed by atoms with E-state index < -0.39 is 21.9 Å². The van der Waals surface area contributed by atoms with Gasteiger partial charge in [0.05, 0.1) is 18.6 Å². The van der Waals surface area contributed by atoms with Crippen molar-refractivity contribution < 1.29 is 37.4 Å². The summed E-state index contributed by atoms with van der Waals surface area (Å²) >= 11 is 0. The summed E-state index contributed by atoms with van der Waals surface area (Å²) in [4.78, 5) is 32.1. The molecule has 9 nitrogen and oxygen atoms in total. The highest BCUT2D eigenvalue weighted by molar-refractivity contribution is 7.89. The van der Waals surface area contributed by atoms with Crippen LogP contribution in [0.25, 0.3) is 0 Å². The van der Waals surface area contributed by atoms with Gasteiger partial charge in [0.1, 0.15) is 6.61 Å². The fourth-order valence-electron chi connectivity index (χ4n) is 1.68. The molecule has 1 rings (SSSR count). The van der Waals surface area contributed by atoms with E-state index in [0.717, 1.165) is 6.08 Å². The summed E-state index contributed by atoms with van der Waals surface area (Å²) in [5.41, 5.74) is 1.39. The van der Waals surface area contributed by atoms with Gasteiger partial charge in [-0.05, 0) is 38.5 Å². The number of hydrogen-bond acceptors (Lipinski definition) is 8. The summed E-state index contributed by atoms with van der Waals surface area (Å²) in [6.45, 7) is 14.7. The third kappa shape index (κ3) is 11.2. The molecular weight excluding hydrogens is 438 g/mol. The topological polar surface area (TPSA) is 127 Å². The number of aryl methyl sites for hydroxylation is 1. The average molecular weight is 470 g/mol. The van der Waals surface area contributed by atoms with Crippen LogP contribution in [0.5, 0.6) is 0 Å². The van der Waals surface area contributed by atoms with Crippen LogP contribution in [-0.4, -0.2) is 63.0 Å². The Morgan fingerprint density at radius 1 is 1.09 bits per heavy atom. The lowest BCUT2D eigenvalue weighted by molar-refractivity contribution is -0.140. The molecule has 1 amide bonds. The molecule has 0 bridgehead atoms. The molecular formula is C22H31NO8S. The van der Waals surface area contributed by atoms with Gasteiger partial charge in [0.15, 0.2) is 0 Å². The lowest BCUT2D eigenvalue weighted by Crippen LogP contribution is -2.32. The maximum Gasteiger partial charge on any atom is 0.333 e. The number of likely N-dealkylation sites (N-methyl/N-ethyl adjacent to an activating group) is 1. The van der Waals surface area contributed by atoms with Crippen molar-refractivity contribution in [1.82, 2.24) is 4.31 Å². The third-order valence-electron chi connectivity index (χ3n) is 3.42. The van der Waals surface area contributed by atoms with Crippen LogP contribution in [0.15, 0.2) is 66.1 Å². The van der Waals surface area contributed by atoms with Crippen LogP contribution in [0.2, 0.25) is 0 Å². The molecule has 1 N–H and O–H groups in total. The molecule has 0 saturated heterocycles. The van der Waals surface area contributed by atoms with Gasteiger partial charge >= 0.3 is 11.9 Å². The molecule has 0 aliphatic heterocycles. The number of aliphatic hydroxyl groups excluding tert-OH is 1. The van der Waals surface area contributed by atoms with Gasteiger partial charge in [0.25, 0.3) is 15.9 Å². The van der Waals surface area contributed by atoms with Gasteiger partial charge in [0, 0.05) is 18.2 Å². The van der Waals surface area contributed by atoms with E-state index in [1.807, 2.05) is 0 Å². The van der Waals surface area contributed by atoms with Crippen LogP contribution >= 0.6 is 0 Å². The molecule has 1 aromatic rings. The smallest absolute Gasteiger partial charge is 0.333 e. The Labute approximate surface area is 189 Å². The summed E-state index contributed by atoms with van der Waals surface area (Å²) in [6.07, 6.45) is 0.968. The summed E-state index contributed by atoms with van der Waals surface area (Å²) in [6, 6.07) is 6.51. The minimum Gasteiger partial charge on any atom is -0.466 e. The van der Waals surface area contributed by atoms with Crippen LogP contribution in [0, 0.1) is 6.92 Å². The van der Waals surface area contributed by atoms with E-state index in [4.69, 9.17) is 5.11 Å². The second-order valence-electron chi connectivity index (χ2n) is 6.19. The van der Waals surface area contributed by atoms with Gasteiger partial charge in [-0.1, -0.05) is 37.9 Å². The Morgan fingerprint density at radius 3 is 1.94 bits per heavy atom. The lowest BCUT2D eigenvalue weighted by Gasteiger charge is -2.16. The molecule has 0 atom stereocenters. The third-order valence-corrected chi connectivity index (χ3v) is 5.34. The van der Waals surface area contributed by atoms with E-state index >= 15 is 0 Å². The van der Waals surface area contributed by atoms with Crippen LogP contribution in [-0.2, 0) is 33.9 Å². The monoisotopic (exact) mass is 469 g/mol. The minimum atomic E-state index is -3.77. The first-order chi connectivity index (χ1) is 14.8. The number of esters is 2. The summed E-state index contributed by atoms with van der Waals surface area (Å²) < 4.78 is 33.4. The lowest BCUT2D eigenvalue weighted by atomic mass is 10.2. The highest BCUT2D eigenvalue weighted by atomic mass is 32.2. The van der Waals surface area contributed by atoms with Crippen molar-refractivity contribution in [2.24, 2.45) is 0 Å². The number of carbonyl (C=O) groups is 3. The maximum absolute atomic E-state index is 12.0. The van der Waals surface area contributed by atoms with Gasteiger partial charge in [0.2, 0.25) is 0 Å². The fraction of sp³-hybridized carbons (Fsp3) is 0.318. The van der Waals surface area contributed by atoms with Crippen LogP contribution in [0.3, 0.4) is 0 Å². The molecule has 32 heavy (non-hydrogen) atoms. The SMILES string of the molecule is C=C(C)C(=O)OC.C=C(C)C(=O)OCCO.C=CC(=O)N(C)S(=O)(=O)c1ccccc1C. The number of amides is 1. The number of hydrogen-bond donors (Lipinski definition) is 1. The highest BCUT2D eigenvalue weighted by Gasteiger charge is 2.24. The minimum absolute atomic E-state index is 0.0473. The Balaban J connectivity index is 0. The Bertz CT molecular complexity index is 935. The van der Waals surface area contributed by atoms with Gasteiger partial charge in [-0.3, -0.25) is 4.79 Å². The number of aliphatic hydroxyl groups is 1. The Kier molecular flexibility index (Phi) is 15.0. The Morgan fingerprint density at radius 2 is 1.59 bits per heavy atom. The van der Waals surface area contributed by atoms with E-state index in [1.165, 1.54) is 20.2 Å². The van der Waals surface area contributed by atoms with Crippen molar-refractivity contribution in [1.29, 1.82) is 0 Å². The molecule has 0 heterocycles.